The highest BCUT2D eigenvalue weighted by molar-refractivity contribution is 7.91. The van der Waals surface area contributed by atoms with E-state index in [4.69, 9.17) is 5.26 Å². The molecule has 0 atom stereocenters. The van der Waals surface area contributed by atoms with Gasteiger partial charge in [0.1, 0.15) is 18.2 Å². The number of nitrogens with one attached hydrogen (secondary N) is 1. The van der Waals surface area contributed by atoms with E-state index in [0.29, 0.717) is 24.3 Å². The second kappa shape index (κ2) is 6.03. The quantitative estimate of drug-likeness (QED) is 0.856. The van der Waals surface area contributed by atoms with E-state index >= 15 is 0 Å². The molecule has 0 aliphatic carbocycles. The predicted molar refractivity (Wildman–Crippen MR) is 68.0 cm³/mol. The summed E-state index contributed by atoms with van der Waals surface area (Å²) in [6, 6.07) is 6.34. The van der Waals surface area contributed by atoms with Gasteiger partial charge >= 0.3 is 0 Å². The highest BCUT2D eigenvalue weighted by Gasteiger charge is 2.20. The molecule has 0 spiro atoms. The van der Waals surface area contributed by atoms with E-state index in [1.54, 1.807) is 4.31 Å². The molecule has 0 aromatic heterocycles. The number of hydrogen-bond acceptors (Lipinski definition) is 4. The predicted octanol–water partition coefficient (Wildman–Crippen LogP) is 3.11. The number of nitriles is 1. The maximum Gasteiger partial charge on any atom is 0.146 e. The van der Waals surface area contributed by atoms with Crippen molar-refractivity contribution in [1.82, 2.24) is 4.31 Å². The van der Waals surface area contributed by atoms with Crippen LogP contribution in [0.4, 0.5) is 14.0 Å². The number of benzene rings is 1. The molecule has 0 bridgehead atoms. The van der Waals surface area contributed by atoms with Gasteiger partial charge in [0.2, 0.25) is 0 Å². The molecule has 1 aliphatic heterocycles. The van der Waals surface area contributed by atoms with Crippen LogP contribution in [-0.4, -0.2) is 23.4 Å². The number of anilines is 1. The summed E-state index contributed by atoms with van der Waals surface area (Å²) in [6.45, 7) is 1.27. The Morgan fingerprint density at radius 3 is 2.72 bits per heavy atom. The average molecular weight is 269 g/mol. The van der Waals surface area contributed by atoms with Crippen molar-refractivity contribution in [3.05, 3.63) is 29.6 Å². The van der Waals surface area contributed by atoms with E-state index in [1.165, 1.54) is 18.2 Å². The van der Waals surface area contributed by atoms with Crippen LogP contribution in [0, 0.1) is 17.1 Å². The van der Waals surface area contributed by atoms with Crippen molar-refractivity contribution >= 4 is 18.0 Å². The smallest absolute Gasteiger partial charge is 0.146 e. The largest absolute Gasteiger partial charge is 0.380 e. The molecular formula is C12H13F2N3S. The van der Waals surface area contributed by atoms with Crippen molar-refractivity contribution in [2.45, 2.75) is 18.9 Å². The number of halogens is 2. The lowest BCUT2D eigenvalue weighted by Crippen LogP contribution is -2.35. The van der Waals surface area contributed by atoms with Crippen LogP contribution in [0.5, 0.6) is 0 Å². The molecule has 1 saturated heterocycles. The van der Waals surface area contributed by atoms with E-state index in [1.807, 2.05) is 6.07 Å². The number of piperidine rings is 1. The fourth-order valence-corrected chi connectivity index (χ4v) is 2.34. The Kier molecular flexibility index (Phi) is 4.39. The van der Waals surface area contributed by atoms with Gasteiger partial charge in [0.05, 0.1) is 17.3 Å². The topological polar surface area (TPSA) is 39.1 Å². The molecular weight excluding hydrogens is 256 g/mol. The van der Waals surface area contributed by atoms with Gasteiger partial charge in [-0.3, -0.25) is 0 Å². The summed E-state index contributed by atoms with van der Waals surface area (Å²) in [4.78, 5) is 0. The van der Waals surface area contributed by atoms with Gasteiger partial charge in [0, 0.05) is 19.1 Å². The molecule has 0 amide bonds. The van der Waals surface area contributed by atoms with Crippen molar-refractivity contribution in [2.24, 2.45) is 0 Å². The van der Waals surface area contributed by atoms with Crippen molar-refractivity contribution in [3.8, 4) is 6.07 Å². The third-order valence-electron chi connectivity index (χ3n) is 3.01. The van der Waals surface area contributed by atoms with Crippen LogP contribution in [0.25, 0.3) is 0 Å². The molecule has 2 rings (SSSR count). The van der Waals surface area contributed by atoms with Gasteiger partial charge in [-0.2, -0.15) is 5.26 Å². The Morgan fingerprint density at radius 2 is 2.11 bits per heavy atom. The Morgan fingerprint density at radius 1 is 1.39 bits per heavy atom. The van der Waals surface area contributed by atoms with Crippen LogP contribution in [-0.2, 0) is 0 Å². The van der Waals surface area contributed by atoms with Gasteiger partial charge in [-0.05, 0) is 31.0 Å². The van der Waals surface area contributed by atoms with E-state index < -0.39 is 0 Å². The summed E-state index contributed by atoms with van der Waals surface area (Å²) in [5, 5.41) is 11.9. The van der Waals surface area contributed by atoms with Crippen LogP contribution >= 0.6 is 12.3 Å². The minimum absolute atomic E-state index is 0.122. The highest BCUT2D eigenvalue weighted by atomic mass is 32.2. The molecule has 1 aromatic rings. The van der Waals surface area contributed by atoms with Gasteiger partial charge in [-0.15, -0.1) is 3.89 Å². The van der Waals surface area contributed by atoms with Crippen molar-refractivity contribution in [2.75, 3.05) is 18.4 Å². The second-order valence-electron chi connectivity index (χ2n) is 4.22. The highest BCUT2D eigenvalue weighted by Crippen LogP contribution is 2.23. The van der Waals surface area contributed by atoms with Crippen molar-refractivity contribution in [1.29, 1.82) is 5.26 Å². The molecule has 0 saturated carbocycles. The standard InChI is InChI=1S/C12H13F2N3S/c13-11-2-1-9(8-15)7-12(11)16-10-3-5-17(18-14)6-4-10/h1-2,7,10,16H,3-6H2. The zero-order valence-corrected chi connectivity index (χ0v) is 10.5. The Bertz CT molecular complexity index is 453. The fraction of sp³-hybridized carbons (Fsp3) is 0.417. The first-order chi connectivity index (χ1) is 8.72. The second-order valence-corrected chi connectivity index (χ2v) is 4.88. The third kappa shape index (κ3) is 3.12. The third-order valence-corrected chi connectivity index (χ3v) is 3.57. The summed E-state index contributed by atoms with van der Waals surface area (Å²) >= 11 is 0.252. The molecule has 96 valence electrons. The number of hydrogen-bond donors (Lipinski definition) is 1. The van der Waals surface area contributed by atoms with Crippen LogP contribution in [0.15, 0.2) is 18.2 Å². The lowest BCUT2D eigenvalue weighted by atomic mass is 10.1. The van der Waals surface area contributed by atoms with Crippen molar-refractivity contribution in [3.63, 3.8) is 0 Å². The monoisotopic (exact) mass is 269 g/mol. The molecule has 1 heterocycles. The zero-order valence-electron chi connectivity index (χ0n) is 9.70. The molecule has 1 N–H and O–H groups in total. The van der Waals surface area contributed by atoms with Crippen LogP contribution in [0.3, 0.4) is 0 Å². The Hall–Kier alpha value is -1.32. The Balaban J connectivity index is 2.00. The molecule has 1 aromatic carbocycles. The van der Waals surface area contributed by atoms with Crippen LogP contribution in [0.1, 0.15) is 18.4 Å². The minimum Gasteiger partial charge on any atom is -0.380 e. The van der Waals surface area contributed by atoms with Gasteiger partial charge in [0.25, 0.3) is 0 Å². The fourth-order valence-electron chi connectivity index (χ4n) is 1.99. The minimum atomic E-state index is -0.365. The molecule has 6 heteroatoms. The first-order valence-electron chi connectivity index (χ1n) is 5.73. The SMILES string of the molecule is N#Cc1ccc(F)c(NC2CCN(SF)CC2)c1. The summed E-state index contributed by atoms with van der Waals surface area (Å²) in [6.07, 6.45) is 1.51. The molecule has 0 unspecified atom stereocenters. The summed E-state index contributed by atoms with van der Waals surface area (Å²) < 4.78 is 27.5. The maximum atomic E-state index is 13.6. The van der Waals surface area contributed by atoms with Crippen LogP contribution in [0.2, 0.25) is 0 Å². The zero-order chi connectivity index (χ0) is 13.0. The average Bonchev–Trinajstić information content (AvgIpc) is 2.42. The lowest BCUT2D eigenvalue weighted by Gasteiger charge is -2.29. The molecule has 3 nitrogen and oxygen atoms in total. The molecule has 18 heavy (non-hydrogen) atoms. The first-order valence-corrected chi connectivity index (χ1v) is 6.40. The molecule has 1 fully saturated rings. The Labute approximate surface area is 109 Å². The van der Waals surface area contributed by atoms with Gasteiger partial charge in [-0.25, -0.2) is 8.70 Å². The molecule has 0 radical (unpaired) electrons. The van der Waals surface area contributed by atoms with E-state index in [9.17, 15) is 8.28 Å². The van der Waals surface area contributed by atoms with Gasteiger partial charge in [0.15, 0.2) is 0 Å². The normalized spacial score (nSPS) is 17.4. The van der Waals surface area contributed by atoms with E-state index in [2.05, 4.69) is 5.32 Å². The summed E-state index contributed by atoms with van der Waals surface area (Å²) in [5.74, 6) is -0.365. The van der Waals surface area contributed by atoms with Gasteiger partial charge < -0.3 is 5.32 Å². The lowest BCUT2D eigenvalue weighted by molar-refractivity contribution is 0.351. The van der Waals surface area contributed by atoms with E-state index in [0.717, 1.165) is 12.8 Å². The van der Waals surface area contributed by atoms with Gasteiger partial charge in [-0.1, -0.05) is 0 Å². The van der Waals surface area contributed by atoms with Crippen molar-refractivity contribution < 1.29 is 8.28 Å². The molecule has 1 aliphatic rings. The maximum absolute atomic E-state index is 13.6. The van der Waals surface area contributed by atoms with Crippen LogP contribution < -0.4 is 5.32 Å². The van der Waals surface area contributed by atoms with E-state index in [-0.39, 0.29) is 24.2 Å². The summed E-state index contributed by atoms with van der Waals surface area (Å²) in [5.41, 5.74) is 0.774. The number of nitrogens with zero attached hydrogens (tertiary/aromatic N) is 2. The first kappa shape index (κ1) is 13.1. The number of rotatable bonds is 3. The summed E-state index contributed by atoms with van der Waals surface area (Å²) in [7, 11) is 0.